The Morgan fingerprint density at radius 2 is 1.78 bits per heavy atom. The van der Waals surface area contributed by atoms with Crippen LogP contribution in [0.5, 0.6) is 0 Å². The third kappa shape index (κ3) is 2.39. The van der Waals surface area contributed by atoms with Gasteiger partial charge in [-0.1, -0.05) is 38.1 Å². The molecule has 2 aromatic carbocycles. The van der Waals surface area contributed by atoms with Crippen molar-refractivity contribution in [3.8, 4) is 0 Å². The molecule has 5 rings (SSSR count). The van der Waals surface area contributed by atoms with E-state index in [-0.39, 0.29) is 28.8 Å². The maximum atomic E-state index is 13.8. The van der Waals surface area contributed by atoms with Gasteiger partial charge in [-0.15, -0.1) is 0 Å². The van der Waals surface area contributed by atoms with Crippen LogP contribution in [0.25, 0.3) is 0 Å². The van der Waals surface area contributed by atoms with Crippen LogP contribution in [0, 0.1) is 34.8 Å². The summed E-state index contributed by atoms with van der Waals surface area (Å²) in [5.74, 6) is -3.08. The lowest BCUT2D eigenvalue weighted by atomic mass is 9.76. The number of anilines is 2. The van der Waals surface area contributed by atoms with E-state index in [0.29, 0.717) is 11.3 Å². The van der Waals surface area contributed by atoms with E-state index in [1.165, 1.54) is 25.1 Å². The molecule has 0 bridgehead atoms. The first kappa shape index (κ1) is 20.3. The molecule has 9 heteroatoms. The van der Waals surface area contributed by atoms with Crippen molar-refractivity contribution in [3.05, 3.63) is 63.7 Å². The molecule has 2 fully saturated rings. The maximum absolute atomic E-state index is 13.8. The highest BCUT2D eigenvalue weighted by Gasteiger charge is 2.71. The fourth-order valence-corrected chi connectivity index (χ4v) is 5.55. The van der Waals surface area contributed by atoms with Crippen molar-refractivity contribution in [2.45, 2.75) is 32.4 Å². The van der Waals surface area contributed by atoms with E-state index < -0.39 is 40.2 Å². The zero-order chi connectivity index (χ0) is 22.9. The van der Waals surface area contributed by atoms with Gasteiger partial charge < -0.3 is 5.32 Å². The van der Waals surface area contributed by atoms with Gasteiger partial charge in [0.15, 0.2) is 0 Å². The summed E-state index contributed by atoms with van der Waals surface area (Å²) in [5.41, 5.74) is 0.135. The van der Waals surface area contributed by atoms with E-state index in [4.69, 9.17) is 0 Å². The summed E-state index contributed by atoms with van der Waals surface area (Å²) in [6.45, 7) is 5.39. The van der Waals surface area contributed by atoms with Crippen LogP contribution in [-0.2, 0) is 19.9 Å². The van der Waals surface area contributed by atoms with E-state index >= 15 is 0 Å². The van der Waals surface area contributed by atoms with Crippen LogP contribution >= 0.6 is 0 Å². The first-order valence-corrected chi connectivity index (χ1v) is 10.5. The Kier molecular flexibility index (Phi) is 4.26. The number of carbonyl (C=O) groups excluding carboxylic acids is 3. The number of hydrogen-bond acceptors (Lipinski definition) is 6. The van der Waals surface area contributed by atoms with Gasteiger partial charge >= 0.3 is 0 Å². The molecular formula is C23H22N4O5. The van der Waals surface area contributed by atoms with Crippen molar-refractivity contribution in [1.82, 2.24) is 5.32 Å². The Morgan fingerprint density at radius 1 is 1.06 bits per heavy atom. The SMILES string of the molecule is Cc1c(N2C(=O)C3C(C(C)C)NC4(C(=O)Nc5ccccc54)C3C2=O)cccc1[N+](=O)[O-]. The van der Waals surface area contributed by atoms with Crippen LogP contribution in [0.1, 0.15) is 25.0 Å². The second kappa shape index (κ2) is 6.70. The summed E-state index contributed by atoms with van der Waals surface area (Å²) in [6, 6.07) is 11.1. The molecule has 3 aliphatic rings. The van der Waals surface area contributed by atoms with Gasteiger partial charge in [0.1, 0.15) is 5.54 Å². The third-order valence-corrected chi connectivity index (χ3v) is 6.99. The Balaban J connectivity index is 1.70. The molecule has 9 nitrogen and oxygen atoms in total. The van der Waals surface area contributed by atoms with E-state index in [0.717, 1.165) is 4.90 Å². The van der Waals surface area contributed by atoms with Crippen LogP contribution in [0.15, 0.2) is 42.5 Å². The molecule has 0 saturated carbocycles. The molecule has 4 atom stereocenters. The van der Waals surface area contributed by atoms with Gasteiger partial charge in [0, 0.05) is 23.4 Å². The second-order valence-electron chi connectivity index (χ2n) is 8.92. The van der Waals surface area contributed by atoms with E-state index in [9.17, 15) is 24.5 Å². The average molecular weight is 434 g/mol. The molecule has 0 aliphatic carbocycles. The summed E-state index contributed by atoms with van der Waals surface area (Å²) in [5, 5.41) is 17.6. The molecule has 32 heavy (non-hydrogen) atoms. The molecule has 164 valence electrons. The average Bonchev–Trinajstić information content (AvgIpc) is 3.34. The van der Waals surface area contributed by atoms with E-state index in [2.05, 4.69) is 10.6 Å². The molecule has 0 radical (unpaired) electrons. The van der Waals surface area contributed by atoms with Crippen molar-refractivity contribution in [2.24, 2.45) is 17.8 Å². The first-order chi connectivity index (χ1) is 15.2. The number of nitrogens with one attached hydrogen (secondary N) is 2. The quantitative estimate of drug-likeness (QED) is 0.435. The number of amides is 3. The smallest absolute Gasteiger partial charge is 0.274 e. The van der Waals surface area contributed by atoms with Gasteiger partial charge in [-0.05, 0) is 25.0 Å². The number of para-hydroxylation sites is 1. The molecule has 1 spiro atoms. The minimum absolute atomic E-state index is 0.0367. The lowest BCUT2D eigenvalue weighted by Gasteiger charge is -2.30. The van der Waals surface area contributed by atoms with Crippen molar-refractivity contribution in [1.29, 1.82) is 0 Å². The predicted octanol–water partition coefficient (Wildman–Crippen LogP) is 2.48. The predicted molar refractivity (Wildman–Crippen MR) is 116 cm³/mol. The van der Waals surface area contributed by atoms with Gasteiger partial charge in [0.2, 0.25) is 17.7 Å². The Hall–Kier alpha value is -3.59. The number of rotatable bonds is 3. The summed E-state index contributed by atoms with van der Waals surface area (Å²) in [7, 11) is 0. The fraction of sp³-hybridized carbons (Fsp3) is 0.348. The third-order valence-electron chi connectivity index (χ3n) is 6.99. The number of nitrogens with zero attached hydrogens (tertiary/aromatic N) is 2. The van der Waals surface area contributed by atoms with Gasteiger partial charge in [0.25, 0.3) is 5.69 Å². The van der Waals surface area contributed by atoms with Crippen LogP contribution in [0.3, 0.4) is 0 Å². The fourth-order valence-electron chi connectivity index (χ4n) is 5.55. The number of benzene rings is 2. The summed E-state index contributed by atoms with van der Waals surface area (Å²) < 4.78 is 0. The van der Waals surface area contributed by atoms with Gasteiger partial charge in [-0.3, -0.25) is 29.8 Å². The molecular weight excluding hydrogens is 412 g/mol. The highest BCUT2D eigenvalue weighted by molar-refractivity contribution is 6.26. The molecule has 2 saturated heterocycles. The number of hydrogen-bond donors (Lipinski definition) is 2. The number of nitro benzene ring substituents is 1. The topological polar surface area (TPSA) is 122 Å². The molecule has 3 heterocycles. The summed E-state index contributed by atoms with van der Waals surface area (Å²) >= 11 is 0. The summed E-state index contributed by atoms with van der Waals surface area (Å²) in [6.07, 6.45) is 0. The van der Waals surface area contributed by atoms with Gasteiger partial charge in [-0.25, -0.2) is 4.90 Å². The highest BCUT2D eigenvalue weighted by Crippen LogP contribution is 2.54. The Morgan fingerprint density at radius 3 is 2.47 bits per heavy atom. The number of nitro groups is 1. The van der Waals surface area contributed by atoms with Crippen LogP contribution in [0.2, 0.25) is 0 Å². The van der Waals surface area contributed by atoms with Gasteiger partial charge in [0.05, 0.1) is 28.0 Å². The Bertz CT molecular complexity index is 1210. The van der Waals surface area contributed by atoms with Crippen LogP contribution < -0.4 is 15.5 Å². The Labute approximate surface area is 183 Å². The number of fused-ring (bicyclic) bond motifs is 4. The molecule has 2 aromatic rings. The van der Waals surface area contributed by atoms with Crippen molar-refractivity contribution >= 4 is 34.8 Å². The van der Waals surface area contributed by atoms with Crippen molar-refractivity contribution < 1.29 is 19.3 Å². The number of carbonyl (C=O) groups is 3. The summed E-state index contributed by atoms with van der Waals surface area (Å²) in [4.78, 5) is 52.8. The van der Waals surface area contributed by atoms with Crippen LogP contribution in [0.4, 0.5) is 17.1 Å². The molecule has 2 N–H and O–H groups in total. The van der Waals surface area contributed by atoms with Crippen LogP contribution in [-0.4, -0.2) is 28.7 Å². The molecule has 4 unspecified atom stereocenters. The molecule has 3 amide bonds. The van der Waals surface area contributed by atoms with Gasteiger partial charge in [-0.2, -0.15) is 0 Å². The lowest BCUT2D eigenvalue weighted by Crippen LogP contribution is -2.54. The monoisotopic (exact) mass is 434 g/mol. The van der Waals surface area contributed by atoms with Crippen molar-refractivity contribution in [3.63, 3.8) is 0 Å². The number of imide groups is 1. The zero-order valence-electron chi connectivity index (χ0n) is 17.8. The van der Waals surface area contributed by atoms with E-state index in [1.807, 2.05) is 13.8 Å². The second-order valence-corrected chi connectivity index (χ2v) is 8.92. The lowest BCUT2D eigenvalue weighted by molar-refractivity contribution is -0.385. The minimum atomic E-state index is -1.37. The standard InChI is InChI=1S/C23H22N4O5/c1-11(2)19-17-18(23(25-19)13-7-4-5-8-14(13)24-22(23)30)21(29)26(20(17)28)15-9-6-10-16(12(15)3)27(31)32/h4-11,17-19,25H,1-3H3,(H,24,30). The molecule has 3 aliphatic heterocycles. The van der Waals surface area contributed by atoms with Crippen molar-refractivity contribution in [2.75, 3.05) is 10.2 Å². The maximum Gasteiger partial charge on any atom is 0.274 e. The van der Waals surface area contributed by atoms with E-state index in [1.54, 1.807) is 24.3 Å². The molecule has 0 aromatic heterocycles. The largest absolute Gasteiger partial charge is 0.324 e. The zero-order valence-corrected chi connectivity index (χ0v) is 17.8. The normalized spacial score (nSPS) is 28.4. The highest BCUT2D eigenvalue weighted by atomic mass is 16.6. The minimum Gasteiger partial charge on any atom is -0.324 e. The first-order valence-electron chi connectivity index (χ1n) is 10.5.